The molecule has 6 nitrogen and oxygen atoms in total. The number of nitrogens with one attached hydrogen (secondary N) is 2. The molecule has 6 heteroatoms. The average molecular weight is 251 g/mol. The number of carbonyl (C=O) groups excluding carboxylic acids is 1. The first-order valence-electron chi connectivity index (χ1n) is 5.84. The Balaban J connectivity index is 2.11. The number of aliphatic hydroxyl groups is 1. The standard InChI is InChI=1S/C12H17N3O3/c1-7(16)2-3-14-9-5-10-11(4-8(9)13)18-6-12(17)15-10/h4-5,7,14,16H,2-3,6,13H2,1H3,(H,15,17). The van der Waals surface area contributed by atoms with Crippen molar-refractivity contribution in [1.29, 1.82) is 0 Å². The van der Waals surface area contributed by atoms with Crippen LogP contribution >= 0.6 is 0 Å². The van der Waals surface area contributed by atoms with Crippen molar-refractivity contribution >= 4 is 23.0 Å². The van der Waals surface area contributed by atoms with Crippen LogP contribution in [0.3, 0.4) is 0 Å². The molecule has 0 bridgehead atoms. The maximum atomic E-state index is 11.2. The van der Waals surface area contributed by atoms with Crippen molar-refractivity contribution in [2.24, 2.45) is 0 Å². The second-order valence-corrected chi connectivity index (χ2v) is 4.34. The summed E-state index contributed by atoms with van der Waals surface area (Å²) in [5, 5.41) is 15.0. The summed E-state index contributed by atoms with van der Waals surface area (Å²) in [4.78, 5) is 11.2. The molecule has 98 valence electrons. The molecule has 0 spiro atoms. The van der Waals surface area contributed by atoms with Crippen molar-refractivity contribution in [3.63, 3.8) is 0 Å². The number of benzene rings is 1. The Hall–Kier alpha value is -1.95. The van der Waals surface area contributed by atoms with E-state index in [9.17, 15) is 9.90 Å². The van der Waals surface area contributed by atoms with Crippen molar-refractivity contribution in [2.45, 2.75) is 19.4 Å². The predicted octanol–water partition coefficient (Wildman–Crippen LogP) is 0.782. The summed E-state index contributed by atoms with van der Waals surface area (Å²) < 4.78 is 5.25. The molecule has 18 heavy (non-hydrogen) atoms. The monoisotopic (exact) mass is 251 g/mol. The van der Waals surface area contributed by atoms with E-state index in [0.29, 0.717) is 30.1 Å². The quantitative estimate of drug-likeness (QED) is 0.593. The summed E-state index contributed by atoms with van der Waals surface area (Å²) in [5.41, 5.74) is 7.76. The third-order valence-electron chi connectivity index (χ3n) is 2.66. The lowest BCUT2D eigenvalue weighted by atomic mass is 10.2. The molecule has 0 saturated heterocycles. The number of nitrogen functional groups attached to an aromatic ring is 1. The van der Waals surface area contributed by atoms with Gasteiger partial charge in [0.15, 0.2) is 6.61 Å². The van der Waals surface area contributed by atoms with Gasteiger partial charge < -0.3 is 26.2 Å². The molecule has 0 radical (unpaired) electrons. The lowest BCUT2D eigenvalue weighted by Crippen LogP contribution is -2.25. The fourth-order valence-corrected chi connectivity index (χ4v) is 1.71. The number of hydrogen-bond acceptors (Lipinski definition) is 5. The van der Waals surface area contributed by atoms with Gasteiger partial charge in [0, 0.05) is 12.6 Å². The first kappa shape index (κ1) is 12.5. The van der Waals surface area contributed by atoms with Gasteiger partial charge in [-0.05, 0) is 19.4 Å². The normalized spacial score (nSPS) is 15.3. The van der Waals surface area contributed by atoms with Crippen LogP contribution in [0.2, 0.25) is 0 Å². The summed E-state index contributed by atoms with van der Waals surface area (Å²) in [6.07, 6.45) is 0.263. The first-order chi connectivity index (χ1) is 8.56. The molecule has 1 amide bonds. The van der Waals surface area contributed by atoms with Gasteiger partial charge in [-0.2, -0.15) is 0 Å². The van der Waals surface area contributed by atoms with Crippen molar-refractivity contribution in [1.82, 2.24) is 0 Å². The third kappa shape index (κ3) is 2.84. The Morgan fingerprint density at radius 2 is 2.39 bits per heavy atom. The van der Waals surface area contributed by atoms with Crippen LogP contribution in [0.5, 0.6) is 5.75 Å². The molecule has 1 atom stereocenters. The SMILES string of the molecule is CC(O)CCNc1cc2c(cc1N)OCC(=O)N2. The number of ether oxygens (including phenoxy) is 1. The Morgan fingerprint density at radius 1 is 1.61 bits per heavy atom. The third-order valence-corrected chi connectivity index (χ3v) is 2.66. The van der Waals surface area contributed by atoms with Crippen molar-refractivity contribution < 1.29 is 14.6 Å². The zero-order valence-corrected chi connectivity index (χ0v) is 10.2. The number of aliphatic hydroxyl groups excluding tert-OH is 1. The minimum Gasteiger partial charge on any atom is -0.482 e. The van der Waals surface area contributed by atoms with Gasteiger partial charge in [0.05, 0.1) is 23.2 Å². The second kappa shape index (κ2) is 5.14. The highest BCUT2D eigenvalue weighted by Crippen LogP contribution is 2.35. The molecule has 0 aliphatic carbocycles. The molecule has 1 heterocycles. The molecule has 2 rings (SSSR count). The first-order valence-corrected chi connectivity index (χ1v) is 5.84. The summed E-state index contributed by atoms with van der Waals surface area (Å²) in [6, 6.07) is 3.42. The van der Waals surface area contributed by atoms with Gasteiger partial charge in [0.1, 0.15) is 5.75 Å². The lowest BCUT2D eigenvalue weighted by Gasteiger charge is -2.20. The van der Waals surface area contributed by atoms with Crippen LogP contribution in [0.4, 0.5) is 17.1 Å². The largest absolute Gasteiger partial charge is 0.482 e. The van der Waals surface area contributed by atoms with Crippen molar-refractivity contribution in [3.8, 4) is 5.75 Å². The summed E-state index contributed by atoms with van der Waals surface area (Å²) in [7, 11) is 0. The van der Waals surface area contributed by atoms with E-state index >= 15 is 0 Å². The number of rotatable bonds is 4. The fourth-order valence-electron chi connectivity index (χ4n) is 1.71. The maximum absolute atomic E-state index is 11.2. The van der Waals surface area contributed by atoms with Gasteiger partial charge in [0.25, 0.3) is 5.91 Å². The van der Waals surface area contributed by atoms with Crippen LogP contribution in [0.1, 0.15) is 13.3 Å². The maximum Gasteiger partial charge on any atom is 0.262 e. The van der Waals surface area contributed by atoms with Crippen LogP contribution in [0.25, 0.3) is 0 Å². The number of amides is 1. The molecule has 1 aliphatic heterocycles. The lowest BCUT2D eigenvalue weighted by molar-refractivity contribution is -0.118. The number of hydrogen-bond donors (Lipinski definition) is 4. The molecule has 1 aliphatic rings. The zero-order valence-electron chi connectivity index (χ0n) is 10.2. The Labute approximate surface area is 105 Å². The molecule has 0 fully saturated rings. The molecule has 1 aromatic carbocycles. The minimum absolute atomic E-state index is 0.0151. The van der Waals surface area contributed by atoms with E-state index in [2.05, 4.69) is 10.6 Å². The number of anilines is 3. The Morgan fingerprint density at radius 3 is 3.11 bits per heavy atom. The van der Waals surface area contributed by atoms with E-state index in [1.165, 1.54) is 0 Å². The zero-order chi connectivity index (χ0) is 13.1. The van der Waals surface area contributed by atoms with Gasteiger partial charge in [-0.15, -0.1) is 0 Å². The van der Waals surface area contributed by atoms with Crippen LogP contribution in [0.15, 0.2) is 12.1 Å². The van der Waals surface area contributed by atoms with Crippen LogP contribution in [-0.4, -0.2) is 30.3 Å². The van der Waals surface area contributed by atoms with Gasteiger partial charge in [-0.25, -0.2) is 0 Å². The highest BCUT2D eigenvalue weighted by Gasteiger charge is 2.17. The molecular weight excluding hydrogens is 234 g/mol. The molecule has 0 aromatic heterocycles. The fraction of sp³-hybridized carbons (Fsp3) is 0.417. The topological polar surface area (TPSA) is 96.6 Å². The summed E-state index contributed by atoms with van der Waals surface area (Å²) in [5.74, 6) is 0.398. The molecule has 1 aromatic rings. The highest BCUT2D eigenvalue weighted by atomic mass is 16.5. The number of carbonyl (C=O) groups is 1. The summed E-state index contributed by atoms with van der Waals surface area (Å²) in [6.45, 7) is 2.35. The predicted molar refractivity (Wildman–Crippen MR) is 69.8 cm³/mol. The van der Waals surface area contributed by atoms with Crippen LogP contribution < -0.4 is 21.1 Å². The van der Waals surface area contributed by atoms with E-state index in [4.69, 9.17) is 10.5 Å². The summed E-state index contributed by atoms with van der Waals surface area (Å²) >= 11 is 0. The number of nitrogens with two attached hydrogens (primary N) is 1. The molecule has 1 unspecified atom stereocenters. The van der Waals surface area contributed by atoms with Gasteiger partial charge in [0.2, 0.25) is 0 Å². The van der Waals surface area contributed by atoms with Gasteiger partial charge in [-0.1, -0.05) is 0 Å². The highest BCUT2D eigenvalue weighted by molar-refractivity contribution is 5.97. The van der Waals surface area contributed by atoms with Crippen molar-refractivity contribution in [2.75, 3.05) is 29.5 Å². The van der Waals surface area contributed by atoms with Crippen LogP contribution in [0, 0.1) is 0 Å². The van der Waals surface area contributed by atoms with E-state index < -0.39 is 0 Å². The molecular formula is C12H17N3O3. The van der Waals surface area contributed by atoms with Crippen LogP contribution in [-0.2, 0) is 4.79 Å². The molecule has 0 saturated carbocycles. The van der Waals surface area contributed by atoms with E-state index in [0.717, 1.165) is 5.69 Å². The van der Waals surface area contributed by atoms with E-state index in [-0.39, 0.29) is 18.6 Å². The van der Waals surface area contributed by atoms with E-state index in [1.807, 2.05) is 0 Å². The molecule has 5 N–H and O–H groups in total. The Bertz CT molecular complexity index is 460. The van der Waals surface area contributed by atoms with Crippen molar-refractivity contribution in [3.05, 3.63) is 12.1 Å². The average Bonchev–Trinajstić information content (AvgIpc) is 2.30. The second-order valence-electron chi connectivity index (χ2n) is 4.34. The Kier molecular flexibility index (Phi) is 3.57. The van der Waals surface area contributed by atoms with E-state index in [1.54, 1.807) is 19.1 Å². The minimum atomic E-state index is -0.362. The van der Waals surface area contributed by atoms with Gasteiger partial charge >= 0.3 is 0 Å². The smallest absolute Gasteiger partial charge is 0.262 e. The number of fused-ring (bicyclic) bond motifs is 1. The van der Waals surface area contributed by atoms with Gasteiger partial charge in [-0.3, -0.25) is 4.79 Å².